The second-order valence-corrected chi connectivity index (χ2v) is 7.46. The van der Waals surface area contributed by atoms with Crippen LogP contribution in [0.15, 0.2) is 60.7 Å². The van der Waals surface area contributed by atoms with Gasteiger partial charge in [0, 0.05) is 22.4 Å². The zero-order valence-electron chi connectivity index (χ0n) is 18.4. The van der Waals surface area contributed by atoms with Crippen LogP contribution in [0.3, 0.4) is 0 Å². The number of imide groups is 1. The molecule has 3 aromatic rings. The summed E-state index contributed by atoms with van der Waals surface area (Å²) in [6.45, 7) is -0.777. The number of esters is 1. The van der Waals surface area contributed by atoms with Crippen LogP contribution in [0, 0.1) is 0 Å². The number of ether oxygens (including phenoxy) is 2. The number of nitrogens with one attached hydrogen (secondary N) is 2. The Balaban J connectivity index is 1.40. The van der Waals surface area contributed by atoms with Crippen molar-refractivity contribution in [3.63, 3.8) is 0 Å². The topological polar surface area (TPSA) is 154 Å². The molecule has 0 heterocycles. The first kappa shape index (κ1) is 23.2. The average Bonchev–Trinajstić information content (AvgIpc) is 2.86. The van der Waals surface area contributed by atoms with Gasteiger partial charge in [0.1, 0.15) is 5.75 Å². The van der Waals surface area contributed by atoms with Crippen LogP contribution in [0.1, 0.15) is 42.2 Å². The first-order valence-electron chi connectivity index (χ1n) is 10.3. The van der Waals surface area contributed by atoms with Crippen molar-refractivity contribution < 1.29 is 33.4 Å². The minimum absolute atomic E-state index is 0.0793. The maximum absolute atomic E-state index is 12.9. The van der Waals surface area contributed by atoms with Crippen molar-refractivity contribution in [1.29, 1.82) is 0 Å². The molecule has 3 amide bonds. The molecule has 3 aromatic carbocycles. The van der Waals surface area contributed by atoms with Crippen LogP contribution in [-0.2, 0) is 9.53 Å². The Morgan fingerprint density at radius 1 is 0.857 bits per heavy atom. The molecule has 0 unspecified atom stereocenters. The van der Waals surface area contributed by atoms with Gasteiger partial charge in [-0.3, -0.25) is 19.7 Å². The van der Waals surface area contributed by atoms with Gasteiger partial charge in [-0.15, -0.1) is 0 Å². The number of amides is 3. The minimum Gasteiger partial charge on any atom is -0.497 e. The number of nitrogen functional groups attached to an aromatic ring is 1. The molecule has 4 rings (SSSR count). The number of methoxy groups -OCH3 is 1. The second-order valence-electron chi connectivity index (χ2n) is 7.46. The number of nitrogens with two attached hydrogens (primary N) is 1. The van der Waals surface area contributed by atoms with Crippen LogP contribution in [0.5, 0.6) is 5.75 Å². The van der Waals surface area contributed by atoms with Crippen LogP contribution in [-0.4, -0.2) is 43.2 Å². The Kier molecular flexibility index (Phi) is 6.27. The van der Waals surface area contributed by atoms with E-state index in [-0.39, 0.29) is 39.3 Å². The van der Waals surface area contributed by atoms with Crippen molar-refractivity contribution in [3.8, 4) is 5.75 Å². The third-order valence-electron chi connectivity index (χ3n) is 5.29. The van der Waals surface area contributed by atoms with E-state index >= 15 is 0 Å². The van der Waals surface area contributed by atoms with Crippen LogP contribution in [0.4, 0.5) is 16.2 Å². The molecule has 0 atom stereocenters. The van der Waals surface area contributed by atoms with E-state index in [0.29, 0.717) is 11.4 Å². The van der Waals surface area contributed by atoms with E-state index in [0.717, 1.165) is 0 Å². The van der Waals surface area contributed by atoms with Gasteiger partial charge >= 0.3 is 12.0 Å². The first-order valence-corrected chi connectivity index (χ1v) is 10.3. The predicted octanol–water partition coefficient (Wildman–Crippen LogP) is 2.56. The average molecular weight is 473 g/mol. The molecule has 0 bridgehead atoms. The molecule has 0 radical (unpaired) electrons. The summed E-state index contributed by atoms with van der Waals surface area (Å²) < 4.78 is 9.97. The normalized spacial score (nSPS) is 11.7. The van der Waals surface area contributed by atoms with Crippen molar-refractivity contribution in [2.75, 3.05) is 24.8 Å². The maximum Gasteiger partial charge on any atom is 0.340 e. The highest BCUT2D eigenvalue weighted by molar-refractivity contribution is 6.30. The smallest absolute Gasteiger partial charge is 0.340 e. The number of carbonyl (C=O) groups is 5. The molecule has 0 aliphatic heterocycles. The number of hydrogen-bond donors (Lipinski definition) is 3. The highest BCUT2D eigenvalue weighted by Gasteiger charge is 2.33. The van der Waals surface area contributed by atoms with Crippen molar-refractivity contribution in [1.82, 2.24) is 5.32 Å². The summed E-state index contributed by atoms with van der Waals surface area (Å²) in [6, 6.07) is 14.5. The fourth-order valence-electron chi connectivity index (χ4n) is 3.60. The molecule has 10 heteroatoms. The van der Waals surface area contributed by atoms with Crippen LogP contribution in [0.25, 0.3) is 0 Å². The molecule has 0 saturated heterocycles. The van der Waals surface area contributed by atoms with Crippen molar-refractivity contribution in [2.45, 2.75) is 0 Å². The number of urea groups is 1. The molecule has 0 saturated carbocycles. The van der Waals surface area contributed by atoms with E-state index in [1.165, 1.54) is 25.3 Å². The van der Waals surface area contributed by atoms with E-state index in [4.69, 9.17) is 15.2 Å². The third-order valence-corrected chi connectivity index (χ3v) is 5.29. The van der Waals surface area contributed by atoms with Crippen LogP contribution < -0.4 is 21.1 Å². The summed E-state index contributed by atoms with van der Waals surface area (Å²) in [7, 11) is 1.50. The number of fused-ring (bicyclic) bond motifs is 2. The van der Waals surface area contributed by atoms with Gasteiger partial charge < -0.3 is 20.5 Å². The van der Waals surface area contributed by atoms with Gasteiger partial charge in [-0.25, -0.2) is 9.59 Å². The molecule has 10 nitrogen and oxygen atoms in total. The Bertz CT molecular complexity index is 1380. The molecular formula is C25H19N3O7. The first-order chi connectivity index (χ1) is 16.8. The van der Waals surface area contributed by atoms with E-state index < -0.39 is 30.3 Å². The lowest BCUT2D eigenvalue weighted by molar-refractivity contribution is -0.123. The number of rotatable bonds is 5. The van der Waals surface area contributed by atoms with Gasteiger partial charge in [0.05, 0.1) is 23.9 Å². The molecule has 35 heavy (non-hydrogen) atoms. The second kappa shape index (κ2) is 9.48. The predicted molar refractivity (Wildman–Crippen MR) is 125 cm³/mol. The molecule has 1 aliphatic rings. The molecule has 0 fully saturated rings. The van der Waals surface area contributed by atoms with Gasteiger partial charge in [-0.1, -0.05) is 24.3 Å². The zero-order chi connectivity index (χ0) is 25.1. The lowest BCUT2D eigenvalue weighted by Gasteiger charge is -2.20. The largest absolute Gasteiger partial charge is 0.497 e. The monoisotopic (exact) mass is 473 g/mol. The summed E-state index contributed by atoms with van der Waals surface area (Å²) in [4.78, 5) is 62.2. The lowest BCUT2D eigenvalue weighted by Crippen LogP contribution is -2.37. The van der Waals surface area contributed by atoms with E-state index in [9.17, 15) is 24.0 Å². The zero-order valence-corrected chi connectivity index (χ0v) is 18.4. The molecule has 0 spiro atoms. The van der Waals surface area contributed by atoms with E-state index in [1.807, 2.05) is 5.32 Å². The third kappa shape index (κ3) is 4.58. The van der Waals surface area contributed by atoms with Crippen molar-refractivity contribution in [2.24, 2.45) is 0 Å². The Morgan fingerprint density at radius 3 is 2.17 bits per heavy atom. The Labute approximate surface area is 199 Å². The van der Waals surface area contributed by atoms with Crippen LogP contribution in [0.2, 0.25) is 0 Å². The van der Waals surface area contributed by atoms with Crippen LogP contribution >= 0.6 is 0 Å². The van der Waals surface area contributed by atoms with E-state index in [1.54, 1.807) is 42.5 Å². The summed E-state index contributed by atoms with van der Waals surface area (Å²) >= 11 is 0. The fraction of sp³-hybridized carbons (Fsp3) is 0.0800. The summed E-state index contributed by atoms with van der Waals surface area (Å²) in [6.07, 6.45) is 0. The Morgan fingerprint density at radius 2 is 1.51 bits per heavy atom. The molecule has 0 aromatic heterocycles. The number of hydrogen-bond acceptors (Lipinski definition) is 8. The quantitative estimate of drug-likeness (QED) is 0.295. The van der Waals surface area contributed by atoms with Gasteiger partial charge in [0.15, 0.2) is 18.2 Å². The number of ketones is 2. The highest BCUT2D eigenvalue weighted by Crippen LogP contribution is 2.32. The van der Waals surface area contributed by atoms with Gasteiger partial charge in [0.2, 0.25) is 0 Å². The molecular weight excluding hydrogens is 454 g/mol. The summed E-state index contributed by atoms with van der Waals surface area (Å²) in [5.74, 6) is -2.16. The minimum atomic E-state index is -0.991. The highest BCUT2D eigenvalue weighted by atomic mass is 16.5. The number of benzene rings is 3. The standard InChI is InChI=1S/C25H19N3O7/c1-34-14-8-6-13(7-9-14)27-25(33)28-19(29)12-35-24(32)18-11-10-17-20(21(18)26)23(31)16-5-3-2-4-15(16)22(17)30/h2-11H,12,26H2,1H3,(H2,27,28,29,33). The molecule has 4 N–H and O–H groups in total. The van der Waals surface area contributed by atoms with Gasteiger partial charge in [0.25, 0.3) is 5.91 Å². The lowest BCUT2D eigenvalue weighted by atomic mass is 9.82. The van der Waals surface area contributed by atoms with E-state index in [2.05, 4.69) is 5.32 Å². The van der Waals surface area contributed by atoms with Gasteiger partial charge in [-0.05, 0) is 36.4 Å². The fourth-order valence-corrected chi connectivity index (χ4v) is 3.60. The van der Waals surface area contributed by atoms with Crippen molar-refractivity contribution in [3.05, 3.63) is 88.5 Å². The van der Waals surface area contributed by atoms with Gasteiger partial charge in [-0.2, -0.15) is 0 Å². The maximum atomic E-state index is 12.9. The molecule has 1 aliphatic carbocycles. The number of anilines is 2. The summed E-state index contributed by atoms with van der Waals surface area (Å²) in [5.41, 5.74) is 6.50. The van der Waals surface area contributed by atoms with Crippen molar-refractivity contribution >= 4 is 40.8 Å². The summed E-state index contributed by atoms with van der Waals surface area (Å²) in [5, 5.41) is 4.47. The SMILES string of the molecule is COc1ccc(NC(=O)NC(=O)COC(=O)c2ccc3c(c2N)C(=O)c2ccccc2C3=O)cc1. The Hall–Kier alpha value is -4.99. The molecule has 176 valence electrons. The number of carbonyl (C=O) groups excluding carboxylic acids is 5.